The van der Waals surface area contributed by atoms with Crippen molar-refractivity contribution in [2.45, 2.75) is 13.3 Å². The fraction of sp³-hybridized carbons (Fsp3) is 0.125. The summed E-state index contributed by atoms with van der Waals surface area (Å²) in [5.41, 5.74) is 2.89. The third-order valence-corrected chi connectivity index (χ3v) is 4.12. The van der Waals surface area contributed by atoms with E-state index in [1.54, 1.807) is 6.92 Å². The number of hydrogen-bond acceptors (Lipinski definition) is 2. The first-order valence-electron chi connectivity index (χ1n) is 6.15. The van der Waals surface area contributed by atoms with Crippen molar-refractivity contribution in [3.8, 4) is 0 Å². The Labute approximate surface area is 140 Å². The summed E-state index contributed by atoms with van der Waals surface area (Å²) in [6, 6.07) is 15.9. The fourth-order valence-corrected chi connectivity index (χ4v) is 2.84. The third-order valence-electron chi connectivity index (χ3n) is 2.74. The molecule has 1 radical (unpaired) electrons. The number of carbonyl (C=O) groups excluding carboxylic acids is 1. The zero-order chi connectivity index (χ0) is 14.5. The van der Waals surface area contributed by atoms with E-state index in [1.807, 2.05) is 48.5 Å². The van der Waals surface area contributed by atoms with Crippen molar-refractivity contribution in [2.24, 2.45) is 4.99 Å². The standard InChI is InChI=1S/C16H13INOSe/c1-11(19)10-12-4-2-3-5-15(12)16(20)18-14-8-6-13(17)7-9-14/h2-9H,10H2,1H3. The van der Waals surface area contributed by atoms with Crippen molar-refractivity contribution < 1.29 is 4.79 Å². The van der Waals surface area contributed by atoms with E-state index in [2.05, 4.69) is 43.6 Å². The molecule has 0 aliphatic rings. The molecule has 4 heteroatoms. The zero-order valence-corrected chi connectivity index (χ0v) is 14.8. The molecule has 101 valence electrons. The van der Waals surface area contributed by atoms with Gasteiger partial charge in [-0.05, 0) is 0 Å². The van der Waals surface area contributed by atoms with Crippen molar-refractivity contribution in [1.82, 2.24) is 0 Å². The van der Waals surface area contributed by atoms with E-state index in [-0.39, 0.29) is 5.78 Å². The number of Topliss-reactive ketones (excluding diaryl/α,β-unsaturated/α-hetero) is 1. The molecule has 0 saturated heterocycles. The van der Waals surface area contributed by atoms with Gasteiger partial charge in [-0.25, -0.2) is 0 Å². The Morgan fingerprint density at radius 1 is 1.15 bits per heavy atom. The normalized spacial score (nSPS) is 11.4. The number of nitrogens with zero attached hydrogens (tertiary/aromatic N) is 1. The maximum absolute atomic E-state index is 11.3. The number of halogens is 1. The monoisotopic (exact) mass is 442 g/mol. The van der Waals surface area contributed by atoms with Crippen molar-refractivity contribution in [2.75, 3.05) is 0 Å². The van der Waals surface area contributed by atoms with Crippen LogP contribution in [-0.2, 0) is 11.2 Å². The van der Waals surface area contributed by atoms with Crippen molar-refractivity contribution >= 4 is 54.7 Å². The molecule has 0 atom stereocenters. The van der Waals surface area contributed by atoms with Gasteiger partial charge in [0.05, 0.1) is 0 Å². The van der Waals surface area contributed by atoms with E-state index in [0.717, 1.165) is 21.4 Å². The van der Waals surface area contributed by atoms with Crippen LogP contribution in [0.1, 0.15) is 18.1 Å². The summed E-state index contributed by atoms with van der Waals surface area (Å²) in [6.45, 7) is 1.60. The van der Waals surface area contributed by atoms with Gasteiger partial charge in [-0.15, -0.1) is 0 Å². The Bertz CT molecular complexity index is 650. The van der Waals surface area contributed by atoms with Crippen molar-refractivity contribution in [3.05, 3.63) is 63.2 Å². The summed E-state index contributed by atoms with van der Waals surface area (Å²) in [5.74, 6) is 0.152. The minimum atomic E-state index is 0.152. The minimum absolute atomic E-state index is 0.152. The van der Waals surface area contributed by atoms with E-state index in [9.17, 15) is 4.79 Å². The van der Waals surface area contributed by atoms with Gasteiger partial charge in [0.1, 0.15) is 0 Å². The van der Waals surface area contributed by atoms with E-state index in [4.69, 9.17) is 0 Å². The number of aliphatic imine (C=N–C) groups is 1. The van der Waals surface area contributed by atoms with Crippen LogP contribution in [0.25, 0.3) is 0 Å². The zero-order valence-electron chi connectivity index (χ0n) is 11.0. The molecule has 0 aromatic heterocycles. The Hall–Kier alpha value is -0.971. The van der Waals surface area contributed by atoms with Gasteiger partial charge < -0.3 is 0 Å². The average molecular weight is 441 g/mol. The molecule has 0 saturated carbocycles. The fourth-order valence-electron chi connectivity index (χ4n) is 1.84. The van der Waals surface area contributed by atoms with Crippen molar-refractivity contribution in [3.63, 3.8) is 0 Å². The Morgan fingerprint density at radius 3 is 2.45 bits per heavy atom. The summed E-state index contributed by atoms with van der Waals surface area (Å²) in [4.78, 5) is 15.9. The number of hydrogen-bond donors (Lipinski definition) is 0. The molecule has 2 aromatic rings. The van der Waals surface area contributed by atoms with Gasteiger partial charge in [0.15, 0.2) is 0 Å². The molecule has 2 aromatic carbocycles. The molecule has 2 nitrogen and oxygen atoms in total. The predicted molar refractivity (Wildman–Crippen MR) is 91.9 cm³/mol. The van der Waals surface area contributed by atoms with Gasteiger partial charge in [-0.1, -0.05) is 0 Å². The van der Waals surface area contributed by atoms with Gasteiger partial charge in [-0.3, -0.25) is 0 Å². The molecule has 0 bridgehead atoms. The van der Waals surface area contributed by atoms with Crippen LogP contribution in [0.15, 0.2) is 53.5 Å². The third kappa shape index (κ3) is 4.27. The molecule has 0 heterocycles. The summed E-state index contributed by atoms with van der Waals surface area (Å²) in [6.07, 6.45) is 0.434. The number of rotatable bonds is 4. The molecule has 0 fully saturated rings. The first-order valence-corrected chi connectivity index (χ1v) is 8.09. The van der Waals surface area contributed by atoms with E-state index < -0.39 is 0 Å². The summed E-state index contributed by atoms with van der Waals surface area (Å²) in [5, 5.41) is 0. The molecule has 20 heavy (non-hydrogen) atoms. The van der Waals surface area contributed by atoms with Crippen LogP contribution >= 0.6 is 22.6 Å². The van der Waals surface area contributed by atoms with Gasteiger partial charge in [0.2, 0.25) is 0 Å². The Morgan fingerprint density at radius 2 is 1.80 bits per heavy atom. The van der Waals surface area contributed by atoms with E-state index in [1.165, 1.54) is 3.57 Å². The predicted octanol–water partition coefficient (Wildman–Crippen LogP) is 3.67. The van der Waals surface area contributed by atoms with Crippen LogP contribution in [0.3, 0.4) is 0 Å². The first-order chi connectivity index (χ1) is 9.56. The number of benzene rings is 2. The van der Waals surface area contributed by atoms with Crippen LogP contribution in [0.4, 0.5) is 5.69 Å². The van der Waals surface area contributed by atoms with Crippen LogP contribution < -0.4 is 0 Å². The van der Waals surface area contributed by atoms with Crippen LogP contribution in [0.5, 0.6) is 0 Å². The Balaban J connectivity index is 2.35. The van der Waals surface area contributed by atoms with Gasteiger partial charge in [0, 0.05) is 0 Å². The van der Waals surface area contributed by atoms with Crippen LogP contribution in [0, 0.1) is 3.57 Å². The Kier molecular flexibility index (Phi) is 5.52. The molecule has 0 unspecified atom stereocenters. The molecular weight excluding hydrogens is 428 g/mol. The molecule has 0 aliphatic heterocycles. The SMILES string of the molecule is CC(=O)Cc1ccccc1C([Se])=Nc1ccc(I)cc1. The average Bonchev–Trinajstić information content (AvgIpc) is 2.41. The van der Waals surface area contributed by atoms with Gasteiger partial charge in [0.25, 0.3) is 0 Å². The summed E-state index contributed by atoms with van der Waals surface area (Å²) in [7, 11) is 0. The molecule has 0 N–H and O–H groups in total. The van der Waals surface area contributed by atoms with Crippen LogP contribution in [-0.4, -0.2) is 26.4 Å². The molecule has 0 aliphatic carbocycles. The molecular formula is C16H13INOSe. The van der Waals surface area contributed by atoms with Gasteiger partial charge >= 0.3 is 141 Å². The quantitative estimate of drug-likeness (QED) is 0.405. The van der Waals surface area contributed by atoms with E-state index in [0.29, 0.717) is 6.42 Å². The van der Waals surface area contributed by atoms with Crippen molar-refractivity contribution in [1.29, 1.82) is 0 Å². The summed E-state index contributed by atoms with van der Waals surface area (Å²) >= 11 is 5.27. The van der Waals surface area contributed by atoms with Crippen LogP contribution in [0.2, 0.25) is 0 Å². The second-order valence-electron chi connectivity index (χ2n) is 4.43. The molecule has 0 spiro atoms. The molecule has 2 rings (SSSR count). The summed E-state index contributed by atoms with van der Waals surface area (Å²) < 4.78 is 1.99. The second kappa shape index (κ2) is 7.16. The van der Waals surface area contributed by atoms with E-state index >= 15 is 0 Å². The molecule has 0 amide bonds. The first kappa shape index (κ1) is 15.4. The second-order valence-corrected chi connectivity index (χ2v) is 6.49. The van der Waals surface area contributed by atoms with Gasteiger partial charge in [-0.2, -0.15) is 0 Å². The maximum atomic E-state index is 11.3. The number of ketones is 1. The topological polar surface area (TPSA) is 29.4 Å². The number of carbonyl (C=O) groups is 1.